The van der Waals surface area contributed by atoms with Gasteiger partial charge in [-0.25, -0.2) is 4.79 Å². The van der Waals surface area contributed by atoms with Gasteiger partial charge < -0.3 is 15.2 Å². The molecule has 144 valence electrons. The van der Waals surface area contributed by atoms with Gasteiger partial charge >= 0.3 is 5.97 Å². The quantitative estimate of drug-likeness (QED) is 0.442. The van der Waals surface area contributed by atoms with Gasteiger partial charge in [-0.15, -0.1) is 0 Å². The molecule has 0 aliphatic carbocycles. The number of hydrogen-bond acceptors (Lipinski definition) is 3. The van der Waals surface area contributed by atoms with Crippen molar-refractivity contribution in [3.05, 3.63) is 92.4 Å². The molecule has 0 radical (unpaired) electrons. The Morgan fingerprint density at radius 3 is 2.50 bits per heavy atom. The first-order valence-electron chi connectivity index (χ1n) is 8.35. The van der Waals surface area contributed by atoms with Crippen molar-refractivity contribution in [3.8, 4) is 5.75 Å². The molecule has 0 atom stereocenters. The molecule has 0 spiro atoms. The number of halogens is 3. The SMILES string of the molecule is O=C(O)c1ccc(Cl)c(NCc2cc(Cl)ccc2OCc2cccc(Cl)c2)c1. The number of carbonyl (C=O) groups is 1. The Bertz CT molecular complexity index is 1010. The largest absolute Gasteiger partial charge is 0.489 e. The lowest BCUT2D eigenvalue weighted by Crippen LogP contribution is -2.05. The molecule has 0 saturated carbocycles. The molecule has 0 aromatic heterocycles. The summed E-state index contributed by atoms with van der Waals surface area (Å²) in [6, 6.07) is 17.2. The minimum Gasteiger partial charge on any atom is -0.489 e. The van der Waals surface area contributed by atoms with Crippen LogP contribution in [0, 0.1) is 0 Å². The van der Waals surface area contributed by atoms with Crippen molar-refractivity contribution < 1.29 is 14.6 Å². The Labute approximate surface area is 177 Å². The molecule has 0 amide bonds. The summed E-state index contributed by atoms with van der Waals surface area (Å²) in [4.78, 5) is 11.2. The van der Waals surface area contributed by atoms with Crippen LogP contribution < -0.4 is 10.1 Å². The van der Waals surface area contributed by atoms with Gasteiger partial charge in [0.1, 0.15) is 12.4 Å². The summed E-state index contributed by atoms with van der Waals surface area (Å²) in [5.74, 6) is -0.365. The Morgan fingerprint density at radius 2 is 1.75 bits per heavy atom. The zero-order chi connectivity index (χ0) is 20.1. The second-order valence-electron chi connectivity index (χ2n) is 6.02. The number of hydrogen-bond donors (Lipinski definition) is 2. The van der Waals surface area contributed by atoms with Crippen molar-refractivity contribution in [3.63, 3.8) is 0 Å². The summed E-state index contributed by atoms with van der Waals surface area (Å²) in [7, 11) is 0. The number of anilines is 1. The number of ether oxygens (including phenoxy) is 1. The molecule has 0 heterocycles. The van der Waals surface area contributed by atoms with E-state index in [-0.39, 0.29) is 5.56 Å². The summed E-state index contributed by atoms with van der Waals surface area (Å²) >= 11 is 18.3. The minimum atomic E-state index is -1.02. The van der Waals surface area contributed by atoms with Crippen molar-refractivity contribution in [2.75, 3.05) is 5.32 Å². The van der Waals surface area contributed by atoms with Crippen molar-refractivity contribution in [1.29, 1.82) is 0 Å². The second kappa shape index (κ2) is 9.20. The number of nitrogens with one attached hydrogen (secondary N) is 1. The lowest BCUT2D eigenvalue weighted by molar-refractivity contribution is 0.0697. The van der Waals surface area contributed by atoms with Gasteiger partial charge in [0.25, 0.3) is 0 Å². The number of benzene rings is 3. The summed E-state index contributed by atoms with van der Waals surface area (Å²) in [6.07, 6.45) is 0. The van der Waals surface area contributed by atoms with E-state index in [4.69, 9.17) is 44.6 Å². The van der Waals surface area contributed by atoms with E-state index in [1.165, 1.54) is 12.1 Å². The lowest BCUT2D eigenvalue weighted by atomic mass is 10.1. The van der Waals surface area contributed by atoms with E-state index >= 15 is 0 Å². The third-order valence-corrected chi connectivity index (χ3v) is 4.79. The van der Waals surface area contributed by atoms with Gasteiger partial charge in [0.15, 0.2) is 0 Å². The molecule has 0 aliphatic rings. The Balaban J connectivity index is 1.76. The van der Waals surface area contributed by atoms with Gasteiger partial charge in [0.05, 0.1) is 16.3 Å². The highest BCUT2D eigenvalue weighted by molar-refractivity contribution is 6.33. The van der Waals surface area contributed by atoms with Crippen LogP contribution in [-0.4, -0.2) is 11.1 Å². The van der Waals surface area contributed by atoms with E-state index in [2.05, 4.69) is 5.32 Å². The van der Waals surface area contributed by atoms with E-state index in [1.807, 2.05) is 18.2 Å². The molecule has 0 fully saturated rings. The first-order chi connectivity index (χ1) is 13.4. The summed E-state index contributed by atoms with van der Waals surface area (Å²) in [6.45, 7) is 0.707. The number of rotatable bonds is 7. The fourth-order valence-corrected chi connectivity index (χ4v) is 3.19. The van der Waals surface area contributed by atoms with Crippen LogP contribution in [0.25, 0.3) is 0 Å². The summed E-state index contributed by atoms with van der Waals surface area (Å²) < 4.78 is 5.93. The molecule has 0 unspecified atom stereocenters. The number of aromatic carboxylic acids is 1. The van der Waals surface area contributed by atoms with Gasteiger partial charge in [0.2, 0.25) is 0 Å². The maximum Gasteiger partial charge on any atom is 0.335 e. The third-order valence-electron chi connectivity index (χ3n) is 3.99. The van der Waals surface area contributed by atoms with Gasteiger partial charge in [-0.3, -0.25) is 0 Å². The normalized spacial score (nSPS) is 10.5. The van der Waals surface area contributed by atoms with Gasteiger partial charge in [-0.2, -0.15) is 0 Å². The van der Waals surface area contributed by atoms with Gasteiger partial charge in [-0.1, -0.05) is 46.9 Å². The number of carboxylic acids is 1. The molecule has 3 aromatic carbocycles. The van der Waals surface area contributed by atoms with Crippen LogP contribution in [0.1, 0.15) is 21.5 Å². The Hall–Kier alpha value is -2.40. The van der Waals surface area contributed by atoms with Crippen LogP contribution in [-0.2, 0) is 13.2 Å². The molecule has 4 nitrogen and oxygen atoms in total. The van der Waals surface area contributed by atoms with Crippen molar-refractivity contribution in [1.82, 2.24) is 0 Å². The van der Waals surface area contributed by atoms with Crippen molar-refractivity contribution in [2.24, 2.45) is 0 Å². The second-order valence-corrected chi connectivity index (χ2v) is 7.30. The van der Waals surface area contributed by atoms with E-state index < -0.39 is 5.97 Å². The highest BCUT2D eigenvalue weighted by atomic mass is 35.5. The van der Waals surface area contributed by atoms with E-state index in [0.29, 0.717) is 39.7 Å². The average Bonchev–Trinajstić information content (AvgIpc) is 2.66. The number of carboxylic acid groups (broad SMARTS) is 1. The Kier molecular flexibility index (Phi) is 6.68. The van der Waals surface area contributed by atoms with Crippen LogP contribution >= 0.6 is 34.8 Å². The zero-order valence-electron chi connectivity index (χ0n) is 14.6. The zero-order valence-corrected chi connectivity index (χ0v) is 16.9. The van der Waals surface area contributed by atoms with Crippen LogP contribution in [0.4, 0.5) is 5.69 Å². The summed E-state index contributed by atoms with van der Waals surface area (Å²) in [5, 5.41) is 13.9. The van der Waals surface area contributed by atoms with Crippen LogP contribution in [0.2, 0.25) is 15.1 Å². The smallest absolute Gasteiger partial charge is 0.335 e. The van der Waals surface area contributed by atoms with E-state index in [9.17, 15) is 4.79 Å². The predicted octanol–water partition coefficient (Wildman–Crippen LogP) is 6.54. The van der Waals surface area contributed by atoms with Crippen LogP contribution in [0.3, 0.4) is 0 Å². The molecule has 28 heavy (non-hydrogen) atoms. The van der Waals surface area contributed by atoms with Crippen molar-refractivity contribution >= 4 is 46.5 Å². The minimum absolute atomic E-state index is 0.149. The lowest BCUT2D eigenvalue weighted by Gasteiger charge is -2.14. The third kappa shape index (κ3) is 5.32. The first-order valence-corrected chi connectivity index (χ1v) is 9.48. The fraction of sp³-hybridized carbons (Fsp3) is 0.0952. The standard InChI is InChI=1S/C21H16Cl3NO3/c22-16-3-1-2-13(8-16)12-28-20-7-5-17(23)9-15(20)11-25-19-10-14(21(26)27)4-6-18(19)24/h1-10,25H,11-12H2,(H,26,27). The first kappa shape index (κ1) is 20.3. The van der Waals surface area contributed by atoms with Crippen LogP contribution in [0.15, 0.2) is 60.7 Å². The van der Waals surface area contributed by atoms with E-state index in [1.54, 1.807) is 30.3 Å². The maximum atomic E-state index is 11.2. The Morgan fingerprint density at radius 1 is 0.964 bits per heavy atom. The molecule has 2 N–H and O–H groups in total. The fourth-order valence-electron chi connectivity index (χ4n) is 2.60. The van der Waals surface area contributed by atoms with Gasteiger partial charge in [0, 0.05) is 22.2 Å². The van der Waals surface area contributed by atoms with Gasteiger partial charge in [-0.05, 0) is 54.1 Å². The molecule has 3 rings (SSSR count). The topological polar surface area (TPSA) is 58.6 Å². The molecular formula is C21H16Cl3NO3. The highest BCUT2D eigenvalue weighted by Gasteiger charge is 2.10. The highest BCUT2D eigenvalue weighted by Crippen LogP contribution is 2.28. The molecule has 3 aromatic rings. The molecule has 0 saturated heterocycles. The average molecular weight is 437 g/mol. The molecular weight excluding hydrogens is 421 g/mol. The van der Waals surface area contributed by atoms with E-state index in [0.717, 1.165) is 11.1 Å². The van der Waals surface area contributed by atoms with Crippen LogP contribution in [0.5, 0.6) is 5.75 Å². The van der Waals surface area contributed by atoms with Crippen molar-refractivity contribution in [2.45, 2.75) is 13.2 Å². The molecule has 0 bridgehead atoms. The monoisotopic (exact) mass is 435 g/mol. The molecule has 7 heteroatoms. The maximum absolute atomic E-state index is 11.2. The predicted molar refractivity (Wildman–Crippen MR) is 113 cm³/mol. The summed E-state index contributed by atoms with van der Waals surface area (Å²) in [5.41, 5.74) is 2.42. The molecule has 0 aliphatic heterocycles.